The van der Waals surface area contributed by atoms with Gasteiger partial charge < -0.3 is 5.32 Å². The van der Waals surface area contributed by atoms with Gasteiger partial charge in [-0.15, -0.1) is 0 Å². The summed E-state index contributed by atoms with van der Waals surface area (Å²) in [4.78, 5) is 0. The summed E-state index contributed by atoms with van der Waals surface area (Å²) >= 11 is 7.00. The van der Waals surface area contributed by atoms with Crippen molar-refractivity contribution in [1.82, 2.24) is 4.37 Å². The van der Waals surface area contributed by atoms with Gasteiger partial charge in [0, 0.05) is 6.04 Å². The normalized spacial score (nSPS) is 15.7. The van der Waals surface area contributed by atoms with E-state index in [0.717, 1.165) is 17.8 Å². The van der Waals surface area contributed by atoms with Crippen LogP contribution in [0.25, 0.3) is 0 Å². The molecule has 1 aliphatic rings. The van der Waals surface area contributed by atoms with E-state index >= 15 is 0 Å². The molecule has 0 saturated carbocycles. The van der Waals surface area contributed by atoms with Crippen LogP contribution >= 0.6 is 23.1 Å². The van der Waals surface area contributed by atoms with Crippen LogP contribution in [0.4, 0.5) is 5.00 Å². The summed E-state index contributed by atoms with van der Waals surface area (Å²) in [6, 6.07) is 2.44. The van der Waals surface area contributed by atoms with E-state index < -0.39 is 0 Å². The monoisotopic (exact) mass is 225 g/mol. The second kappa shape index (κ2) is 3.99. The minimum absolute atomic E-state index is 0.297. The lowest BCUT2D eigenvalue weighted by atomic mass is 10.2. The van der Waals surface area contributed by atoms with Crippen molar-refractivity contribution in [3.05, 3.63) is 22.9 Å². The van der Waals surface area contributed by atoms with E-state index in [2.05, 4.69) is 27.9 Å². The molecule has 0 spiro atoms. The molecule has 1 aromatic rings. The SMILES string of the molecule is N#Cc1c(Cl)nsc1NC1CC=CC1. The summed E-state index contributed by atoms with van der Waals surface area (Å²) in [7, 11) is 0. The molecule has 0 unspecified atom stereocenters. The predicted molar refractivity (Wildman–Crippen MR) is 57.6 cm³/mol. The molecule has 0 fully saturated rings. The first-order valence-electron chi connectivity index (χ1n) is 4.28. The molecule has 0 atom stereocenters. The van der Waals surface area contributed by atoms with Crippen LogP contribution < -0.4 is 5.32 Å². The van der Waals surface area contributed by atoms with Gasteiger partial charge in [-0.05, 0) is 24.4 Å². The van der Waals surface area contributed by atoms with Gasteiger partial charge in [0.25, 0.3) is 0 Å². The van der Waals surface area contributed by atoms with Crippen molar-refractivity contribution in [2.45, 2.75) is 18.9 Å². The molecule has 3 nitrogen and oxygen atoms in total. The van der Waals surface area contributed by atoms with Crippen LogP contribution in [0.1, 0.15) is 18.4 Å². The van der Waals surface area contributed by atoms with E-state index in [1.165, 1.54) is 11.5 Å². The number of hydrogen-bond acceptors (Lipinski definition) is 4. The standard InChI is InChI=1S/C9H8ClN3S/c10-8-7(5-11)9(14-13-8)12-6-3-1-2-4-6/h1-2,6,12H,3-4H2. The minimum Gasteiger partial charge on any atom is -0.371 e. The number of nitrogens with one attached hydrogen (secondary N) is 1. The average molecular weight is 226 g/mol. The van der Waals surface area contributed by atoms with Crippen LogP contribution in [0, 0.1) is 11.3 Å². The molecule has 0 saturated heterocycles. The van der Waals surface area contributed by atoms with Gasteiger partial charge in [0.05, 0.1) is 0 Å². The number of anilines is 1. The van der Waals surface area contributed by atoms with Gasteiger partial charge in [0.2, 0.25) is 0 Å². The number of hydrogen-bond donors (Lipinski definition) is 1. The van der Waals surface area contributed by atoms with Crippen molar-refractivity contribution < 1.29 is 0 Å². The molecular formula is C9H8ClN3S. The molecule has 0 aliphatic heterocycles. The lowest BCUT2D eigenvalue weighted by Gasteiger charge is -2.10. The Morgan fingerprint density at radius 2 is 2.29 bits per heavy atom. The van der Waals surface area contributed by atoms with Crippen molar-refractivity contribution in [3.63, 3.8) is 0 Å². The van der Waals surface area contributed by atoms with E-state index in [4.69, 9.17) is 16.9 Å². The third-order valence-corrected chi connectivity index (χ3v) is 3.26. The highest BCUT2D eigenvalue weighted by molar-refractivity contribution is 7.10. The molecule has 1 aromatic heterocycles. The summed E-state index contributed by atoms with van der Waals surface area (Å²) in [5, 5.41) is 13.2. The molecule has 0 bridgehead atoms. The zero-order valence-electron chi connectivity index (χ0n) is 7.33. The quantitative estimate of drug-likeness (QED) is 0.788. The summed E-state index contributed by atoms with van der Waals surface area (Å²) in [6.07, 6.45) is 6.26. The van der Waals surface area contributed by atoms with E-state index in [-0.39, 0.29) is 0 Å². The topological polar surface area (TPSA) is 48.7 Å². The van der Waals surface area contributed by atoms with E-state index in [9.17, 15) is 0 Å². The number of rotatable bonds is 2. The lowest BCUT2D eigenvalue weighted by Crippen LogP contribution is -2.14. The molecule has 14 heavy (non-hydrogen) atoms. The first kappa shape index (κ1) is 9.50. The van der Waals surface area contributed by atoms with Gasteiger partial charge in [-0.1, -0.05) is 23.8 Å². The average Bonchev–Trinajstić information content (AvgIpc) is 2.77. The van der Waals surface area contributed by atoms with Gasteiger partial charge in [0.1, 0.15) is 16.6 Å². The highest BCUT2D eigenvalue weighted by Gasteiger charge is 2.16. The van der Waals surface area contributed by atoms with Crippen molar-refractivity contribution >= 4 is 28.1 Å². The van der Waals surface area contributed by atoms with Crippen LogP contribution in [0.3, 0.4) is 0 Å². The van der Waals surface area contributed by atoms with Crippen LogP contribution in [0.2, 0.25) is 5.15 Å². The highest BCUT2D eigenvalue weighted by Crippen LogP contribution is 2.29. The van der Waals surface area contributed by atoms with Gasteiger partial charge in [0.15, 0.2) is 5.15 Å². The largest absolute Gasteiger partial charge is 0.371 e. The predicted octanol–water partition coefficient (Wildman–Crippen LogP) is 2.80. The molecule has 1 aliphatic carbocycles. The summed E-state index contributed by atoms with van der Waals surface area (Å²) < 4.78 is 3.93. The van der Waals surface area contributed by atoms with Crippen molar-refractivity contribution in [1.29, 1.82) is 5.26 Å². The maximum Gasteiger partial charge on any atom is 0.162 e. The summed E-state index contributed by atoms with van der Waals surface area (Å²) in [5.74, 6) is 0. The Balaban J connectivity index is 2.13. The third kappa shape index (κ3) is 1.74. The molecule has 0 aromatic carbocycles. The smallest absolute Gasteiger partial charge is 0.162 e. The molecule has 2 rings (SSSR count). The number of nitrogens with zero attached hydrogens (tertiary/aromatic N) is 2. The van der Waals surface area contributed by atoms with E-state index in [0.29, 0.717) is 16.8 Å². The molecule has 72 valence electrons. The summed E-state index contributed by atoms with van der Waals surface area (Å²) in [6.45, 7) is 0. The fourth-order valence-electron chi connectivity index (χ4n) is 1.39. The number of halogens is 1. The Morgan fingerprint density at radius 1 is 1.57 bits per heavy atom. The zero-order chi connectivity index (χ0) is 9.97. The van der Waals surface area contributed by atoms with Crippen molar-refractivity contribution in [2.75, 3.05) is 5.32 Å². The van der Waals surface area contributed by atoms with Crippen LogP contribution in [-0.4, -0.2) is 10.4 Å². The molecule has 1 N–H and O–H groups in total. The van der Waals surface area contributed by atoms with E-state index in [1.54, 1.807) is 0 Å². The van der Waals surface area contributed by atoms with E-state index in [1.807, 2.05) is 0 Å². The second-order valence-electron chi connectivity index (χ2n) is 3.07. The second-order valence-corrected chi connectivity index (χ2v) is 4.20. The molecular weight excluding hydrogens is 218 g/mol. The molecule has 0 radical (unpaired) electrons. The zero-order valence-corrected chi connectivity index (χ0v) is 8.90. The molecule has 5 heteroatoms. The fraction of sp³-hybridized carbons (Fsp3) is 0.333. The van der Waals surface area contributed by atoms with Crippen molar-refractivity contribution in [3.8, 4) is 6.07 Å². The maximum atomic E-state index is 8.84. The lowest BCUT2D eigenvalue weighted by molar-refractivity contribution is 0.789. The Bertz CT molecular complexity index is 397. The Labute approximate surface area is 91.2 Å². The summed E-state index contributed by atoms with van der Waals surface area (Å²) in [5.41, 5.74) is 0.462. The number of aromatic nitrogens is 1. The number of nitriles is 1. The Hall–Kier alpha value is -1.05. The highest BCUT2D eigenvalue weighted by atomic mass is 35.5. The fourth-order valence-corrected chi connectivity index (χ4v) is 2.40. The molecule has 0 amide bonds. The minimum atomic E-state index is 0.297. The van der Waals surface area contributed by atoms with Gasteiger partial charge in [-0.25, -0.2) is 0 Å². The Morgan fingerprint density at radius 3 is 2.93 bits per heavy atom. The first-order chi connectivity index (χ1) is 6.81. The Kier molecular flexibility index (Phi) is 2.71. The van der Waals surface area contributed by atoms with Gasteiger partial charge >= 0.3 is 0 Å². The van der Waals surface area contributed by atoms with Crippen LogP contribution in [0.15, 0.2) is 12.2 Å². The third-order valence-electron chi connectivity index (χ3n) is 2.11. The van der Waals surface area contributed by atoms with Gasteiger partial charge in [-0.3, -0.25) is 0 Å². The molecule has 1 heterocycles. The van der Waals surface area contributed by atoms with Crippen LogP contribution in [0.5, 0.6) is 0 Å². The van der Waals surface area contributed by atoms with Gasteiger partial charge in [-0.2, -0.15) is 9.64 Å². The van der Waals surface area contributed by atoms with Crippen LogP contribution in [-0.2, 0) is 0 Å². The maximum absolute atomic E-state index is 8.84. The first-order valence-corrected chi connectivity index (χ1v) is 5.43. The van der Waals surface area contributed by atoms with Crippen molar-refractivity contribution in [2.24, 2.45) is 0 Å².